The Labute approximate surface area is 124 Å². The highest BCUT2D eigenvalue weighted by molar-refractivity contribution is 5.65. The molecule has 0 fully saturated rings. The Morgan fingerprint density at radius 3 is 2.00 bits per heavy atom. The van der Waals surface area contributed by atoms with Crippen molar-refractivity contribution in [3.63, 3.8) is 0 Å². The summed E-state index contributed by atoms with van der Waals surface area (Å²) >= 11 is 0. The maximum atomic E-state index is 5.86. The smallest absolute Gasteiger partial charge is 0.128 e. The number of hydrogen-bond acceptors (Lipinski definition) is 2. The molecule has 0 amide bonds. The number of hydrogen-bond donors (Lipinski definition) is 0. The summed E-state index contributed by atoms with van der Waals surface area (Å²) in [5, 5.41) is 0. The fraction of sp³-hybridized carbons (Fsp3) is 0.0526. The number of rotatable bonds is 4. The average molecular weight is 276 g/mol. The molecule has 0 aliphatic heterocycles. The topological polar surface area (TPSA) is 18.5 Å². The minimum absolute atomic E-state index is 0.828. The highest BCUT2D eigenvalue weighted by Gasteiger charge is 2.02. The standard InChI is InChI=1S/C19H16O2/c1-20-17-12-10-15(11-13-17)16-6-5-9-19(14-16)21-18-7-3-2-4-8-18/h2-14H,1H3. The third-order valence-corrected chi connectivity index (χ3v) is 3.24. The lowest BCUT2D eigenvalue weighted by Crippen LogP contribution is -1.85. The zero-order valence-corrected chi connectivity index (χ0v) is 11.8. The van der Waals surface area contributed by atoms with Gasteiger partial charge in [0.15, 0.2) is 0 Å². The molecule has 0 atom stereocenters. The first-order valence-electron chi connectivity index (χ1n) is 6.82. The molecule has 0 N–H and O–H groups in total. The first kappa shape index (κ1) is 13.3. The van der Waals surface area contributed by atoms with E-state index in [1.807, 2.05) is 72.8 Å². The van der Waals surface area contributed by atoms with E-state index in [2.05, 4.69) is 6.07 Å². The van der Waals surface area contributed by atoms with E-state index < -0.39 is 0 Å². The van der Waals surface area contributed by atoms with Crippen LogP contribution in [0.2, 0.25) is 0 Å². The molecule has 3 aromatic carbocycles. The lowest BCUT2D eigenvalue weighted by molar-refractivity contribution is 0.415. The summed E-state index contributed by atoms with van der Waals surface area (Å²) in [7, 11) is 1.67. The van der Waals surface area contributed by atoms with E-state index in [1.54, 1.807) is 7.11 Å². The van der Waals surface area contributed by atoms with Gasteiger partial charge in [0.1, 0.15) is 17.2 Å². The SMILES string of the molecule is COc1ccc(-c2cccc(Oc3ccccc3)c2)cc1. The van der Waals surface area contributed by atoms with Gasteiger partial charge in [0.2, 0.25) is 0 Å². The van der Waals surface area contributed by atoms with Gasteiger partial charge in [-0.25, -0.2) is 0 Å². The molecule has 0 aliphatic carbocycles. The molecular formula is C19H16O2. The lowest BCUT2D eigenvalue weighted by Gasteiger charge is -2.08. The minimum Gasteiger partial charge on any atom is -0.497 e. The maximum absolute atomic E-state index is 5.86. The predicted molar refractivity (Wildman–Crippen MR) is 84.9 cm³/mol. The monoisotopic (exact) mass is 276 g/mol. The molecule has 0 unspecified atom stereocenters. The van der Waals surface area contributed by atoms with Gasteiger partial charge in [-0.05, 0) is 47.5 Å². The van der Waals surface area contributed by atoms with Crippen molar-refractivity contribution in [1.29, 1.82) is 0 Å². The van der Waals surface area contributed by atoms with E-state index in [9.17, 15) is 0 Å². The van der Waals surface area contributed by atoms with Crippen LogP contribution in [0, 0.1) is 0 Å². The van der Waals surface area contributed by atoms with Crippen LogP contribution in [0.1, 0.15) is 0 Å². The summed E-state index contributed by atoms with van der Waals surface area (Å²) < 4.78 is 11.0. The van der Waals surface area contributed by atoms with Crippen LogP contribution in [0.5, 0.6) is 17.2 Å². The Hall–Kier alpha value is -2.74. The van der Waals surface area contributed by atoms with Crippen LogP contribution in [-0.2, 0) is 0 Å². The lowest BCUT2D eigenvalue weighted by atomic mass is 10.1. The van der Waals surface area contributed by atoms with Crippen LogP contribution in [0.4, 0.5) is 0 Å². The van der Waals surface area contributed by atoms with Crippen molar-refractivity contribution in [2.75, 3.05) is 7.11 Å². The van der Waals surface area contributed by atoms with Crippen molar-refractivity contribution >= 4 is 0 Å². The maximum Gasteiger partial charge on any atom is 0.128 e. The molecule has 3 aromatic rings. The molecule has 0 radical (unpaired) electrons. The van der Waals surface area contributed by atoms with Gasteiger partial charge in [0.25, 0.3) is 0 Å². The fourth-order valence-corrected chi connectivity index (χ4v) is 2.15. The van der Waals surface area contributed by atoms with E-state index >= 15 is 0 Å². The van der Waals surface area contributed by atoms with E-state index in [4.69, 9.17) is 9.47 Å². The zero-order chi connectivity index (χ0) is 14.5. The number of ether oxygens (including phenoxy) is 2. The Morgan fingerprint density at radius 2 is 1.29 bits per heavy atom. The zero-order valence-electron chi connectivity index (χ0n) is 11.8. The van der Waals surface area contributed by atoms with Gasteiger partial charge in [0.05, 0.1) is 7.11 Å². The minimum atomic E-state index is 0.828. The highest BCUT2D eigenvalue weighted by atomic mass is 16.5. The van der Waals surface area contributed by atoms with Gasteiger partial charge in [0, 0.05) is 0 Å². The van der Waals surface area contributed by atoms with E-state index in [-0.39, 0.29) is 0 Å². The molecule has 0 saturated heterocycles. The molecule has 0 saturated carbocycles. The highest BCUT2D eigenvalue weighted by Crippen LogP contribution is 2.28. The second-order valence-corrected chi connectivity index (χ2v) is 4.67. The fourth-order valence-electron chi connectivity index (χ4n) is 2.15. The van der Waals surface area contributed by atoms with E-state index in [0.717, 1.165) is 28.4 Å². The van der Waals surface area contributed by atoms with Crippen molar-refractivity contribution in [2.45, 2.75) is 0 Å². The number of benzene rings is 3. The first-order valence-corrected chi connectivity index (χ1v) is 6.82. The quantitative estimate of drug-likeness (QED) is 0.655. The van der Waals surface area contributed by atoms with Crippen LogP contribution >= 0.6 is 0 Å². The van der Waals surface area contributed by atoms with Gasteiger partial charge < -0.3 is 9.47 Å². The van der Waals surface area contributed by atoms with Gasteiger partial charge >= 0.3 is 0 Å². The van der Waals surface area contributed by atoms with Crippen molar-refractivity contribution in [2.24, 2.45) is 0 Å². The van der Waals surface area contributed by atoms with Crippen molar-refractivity contribution < 1.29 is 9.47 Å². The Morgan fingerprint density at radius 1 is 0.571 bits per heavy atom. The number of methoxy groups -OCH3 is 1. The van der Waals surface area contributed by atoms with Crippen molar-refractivity contribution in [3.05, 3.63) is 78.9 Å². The second-order valence-electron chi connectivity index (χ2n) is 4.67. The average Bonchev–Trinajstić information content (AvgIpc) is 2.56. The summed E-state index contributed by atoms with van der Waals surface area (Å²) in [6.07, 6.45) is 0. The van der Waals surface area contributed by atoms with Gasteiger partial charge in [-0.15, -0.1) is 0 Å². The third kappa shape index (κ3) is 3.23. The Bertz CT molecular complexity index is 703. The number of para-hydroxylation sites is 1. The van der Waals surface area contributed by atoms with E-state index in [1.165, 1.54) is 0 Å². The summed E-state index contributed by atoms with van der Waals surface area (Å²) in [6.45, 7) is 0. The molecule has 3 rings (SSSR count). The summed E-state index contributed by atoms with van der Waals surface area (Å²) in [4.78, 5) is 0. The Balaban J connectivity index is 1.85. The summed E-state index contributed by atoms with van der Waals surface area (Å²) in [5.41, 5.74) is 2.25. The molecule has 0 bridgehead atoms. The van der Waals surface area contributed by atoms with Crippen molar-refractivity contribution in [1.82, 2.24) is 0 Å². The molecular weight excluding hydrogens is 260 g/mol. The molecule has 104 valence electrons. The second kappa shape index (κ2) is 6.14. The van der Waals surface area contributed by atoms with Gasteiger partial charge in [-0.2, -0.15) is 0 Å². The molecule has 0 aromatic heterocycles. The predicted octanol–water partition coefficient (Wildman–Crippen LogP) is 5.15. The molecule has 2 heteroatoms. The molecule has 2 nitrogen and oxygen atoms in total. The van der Waals surface area contributed by atoms with Gasteiger partial charge in [-0.3, -0.25) is 0 Å². The Kier molecular flexibility index (Phi) is 3.88. The molecule has 0 heterocycles. The van der Waals surface area contributed by atoms with Crippen LogP contribution in [0.25, 0.3) is 11.1 Å². The normalized spacial score (nSPS) is 10.1. The van der Waals surface area contributed by atoms with Crippen molar-refractivity contribution in [3.8, 4) is 28.4 Å². The van der Waals surface area contributed by atoms with Crippen LogP contribution in [0.15, 0.2) is 78.9 Å². The van der Waals surface area contributed by atoms with Crippen LogP contribution in [-0.4, -0.2) is 7.11 Å². The largest absolute Gasteiger partial charge is 0.497 e. The molecule has 0 aliphatic rings. The van der Waals surface area contributed by atoms with Gasteiger partial charge in [-0.1, -0.05) is 42.5 Å². The third-order valence-electron chi connectivity index (χ3n) is 3.24. The molecule has 0 spiro atoms. The molecule has 21 heavy (non-hydrogen) atoms. The van der Waals surface area contributed by atoms with Crippen LogP contribution in [0.3, 0.4) is 0 Å². The van der Waals surface area contributed by atoms with E-state index in [0.29, 0.717) is 0 Å². The summed E-state index contributed by atoms with van der Waals surface area (Å²) in [6, 6.07) is 25.8. The summed E-state index contributed by atoms with van der Waals surface area (Å²) in [5.74, 6) is 2.52. The first-order chi connectivity index (χ1) is 10.3. The van der Waals surface area contributed by atoms with Crippen LogP contribution < -0.4 is 9.47 Å².